The summed E-state index contributed by atoms with van der Waals surface area (Å²) in [7, 11) is 8.34. The zero-order chi connectivity index (χ0) is 48.1. The maximum absolute atomic E-state index is 13.5. The van der Waals surface area contributed by atoms with Gasteiger partial charge >= 0.3 is 0 Å². The highest BCUT2D eigenvalue weighted by molar-refractivity contribution is 6.34. The van der Waals surface area contributed by atoms with Crippen molar-refractivity contribution < 1.29 is 33.6 Å². The molecule has 360 valence electrons. The molecule has 0 bridgehead atoms. The number of aryl methyl sites for hydroxylation is 1. The number of nitrogens with zero attached hydrogens (tertiary/aromatic N) is 6. The van der Waals surface area contributed by atoms with Crippen LogP contribution in [0, 0.1) is 0 Å². The highest BCUT2D eigenvalue weighted by atomic mass is 35.5. The van der Waals surface area contributed by atoms with Crippen molar-refractivity contribution in [1.29, 1.82) is 0 Å². The molecule has 5 aromatic rings. The third kappa shape index (κ3) is 10.8. The molecule has 1 unspecified atom stereocenters. The quantitative estimate of drug-likeness (QED) is 0.0781. The Balaban J connectivity index is 0.964. The molecule has 2 saturated heterocycles. The van der Waals surface area contributed by atoms with Gasteiger partial charge in [-0.05, 0) is 85.9 Å². The van der Waals surface area contributed by atoms with E-state index in [1.807, 2.05) is 42.5 Å². The number of piperidine rings is 2. The molecule has 5 N–H and O–H groups in total. The lowest BCUT2D eigenvalue weighted by atomic mass is 10.1. The van der Waals surface area contributed by atoms with Gasteiger partial charge in [-0.2, -0.15) is 0 Å². The lowest BCUT2D eigenvalue weighted by Gasteiger charge is -2.33. The van der Waals surface area contributed by atoms with Gasteiger partial charge in [0.1, 0.15) is 17.4 Å². The van der Waals surface area contributed by atoms with E-state index in [1.54, 1.807) is 57.6 Å². The molecule has 1 atom stereocenters. The Morgan fingerprint density at radius 3 is 2.18 bits per heavy atom. The number of halogens is 2. The van der Waals surface area contributed by atoms with E-state index in [9.17, 15) is 19.5 Å². The smallest absolute Gasteiger partial charge is 0.293 e. The number of hydrogen-bond acceptors (Lipinski definition) is 15. The second-order valence-electron chi connectivity index (χ2n) is 16.9. The van der Waals surface area contributed by atoms with Crippen LogP contribution in [0.4, 0.5) is 40.2 Å². The molecule has 8 rings (SSSR count). The Kier molecular flexibility index (Phi) is 15.1. The van der Waals surface area contributed by atoms with E-state index in [2.05, 4.69) is 36.1 Å². The zero-order valence-corrected chi connectivity index (χ0v) is 40.1. The number of methoxy groups -OCH3 is 2. The Bertz CT molecular complexity index is 2760. The highest BCUT2D eigenvalue weighted by Gasteiger charge is 2.28. The molecule has 3 aromatic heterocycles. The van der Waals surface area contributed by atoms with E-state index < -0.39 is 12.1 Å². The number of aliphatic hydroxyl groups excluding tert-OH is 1. The van der Waals surface area contributed by atoms with Crippen molar-refractivity contribution in [3.63, 3.8) is 0 Å². The molecule has 2 amide bonds. The third-order valence-electron chi connectivity index (χ3n) is 12.6. The number of anilines is 7. The van der Waals surface area contributed by atoms with Crippen molar-refractivity contribution in [3.05, 3.63) is 98.1 Å². The van der Waals surface area contributed by atoms with Crippen LogP contribution in [-0.2, 0) is 37.4 Å². The van der Waals surface area contributed by atoms with Crippen LogP contribution in [0.1, 0.15) is 36.8 Å². The molecule has 2 fully saturated rings. The normalized spacial score (nSPS) is 16.6. The molecule has 3 aliphatic rings. The van der Waals surface area contributed by atoms with E-state index in [4.69, 9.17) is 47.1 Å². The van der Waals surface area contributed by atoms with Crippen molar-refractivity contribution in [1.82, 2.24) is 25.2 Å². The minimum atomic E-state index is -1.14. The van der Waals surface area contributed by atoms with Crippen molar-refractivity contribution in [2.75, 3.05) is 93.0 Å². The van der Waals surface area contributed by atoms with Crippen LogP contribution in [0.25, 0.3) is 17.0 Å². The lowest BCUT2D eigenvalue weighted by molar-refractivity contribution is -0.125. The summed E-state index contributed by atoms with van der Waals surface area (Å²) < 4.78 is 24.1. The van der Waals surface area contributed by atoms with Gasteiger partial charge in [-0.25, -0.2) is 9.97 Å². The number of benzene rings is 2. The number of rotatable bonds is 16. The van der Waals surface area contributed by atoms with Gasteiger partial charge in [0.05, 0.1) is 39.7 Å². The van der Waals surface area contributed by atoms with Crippen molar-refractivity contribution in [2.45, 2.75) is 50.7 Å². The number of nitrogens with one attached hydrogen (secondary N) is 4. The molecule has 0 radical (unpaired) electrons. The number of ether oxygens (including phenoxy) is 4. The van der Waals surface area contributed by atoms with Crippen LogP contribution in [0.2, 0.25) is 10.0 Å². The van der Waals surface area contributed by atoms with Gasteiger partial charge < -0.3 is 64.6 Å². The summed E-state index contributed by atoms with van der Waals surface area (Å²) in [4.78, 5) is 53.8. The number of pyridine rings is 3. The molecule has 0 spiro atoms. The van der Waals surface area contributed by atoms with Gasteiger partial charge in [-0.3, -0.25) is 14.4 Å². The number of amides is 2. The predicted molar refractivity (Wildman–Crippen MR) is 265 cm³/mol. The maximum atomic E-state index is 13.5. The fourth-order valence-corrected chi connectivity index (χ4v) is 8.91. The Labute approximate surface area is 404 Å². The Morgan fingerprint density at radius 1 is 0.824 bits per heavy atom. The molecular weight excluding hydrogens is 915 g/mol. The van der Waals surface area contributed by atoms with Gasteiger partial charge in [0, 0.05) is 102 Å². The number of hydrogen-bond donors (Lipinski definition) is 5. The van der Waals surface area contributed by atoms with Crippen molar-refractivity contribution in [3.8, 4) is 5.75 Å². The molecule has 2 aromatic carbocycles. The number of aliphatic hydroxyl groups is 1. The monoisotopic (exact) mass is 970 g/mol. The molecule has 68 heavy (non-hydrogen) atoms. The summed E-state index contributed by atoms with van der Waals surface area (Å²) >= 11 is 13.7. The fraction of sp³-hybridized carbons (Fsp3) is 0.396. The lowest BCUT2D eigenvalue weighted by Crippen LogP contribution is -2.38. The minimum Gasteiger partial charge on any atom is -0.483 e. The van der Waals surface area contributed by atoms with E-state index in [0.717, 1.165) is 61.5 Å². The molecule has 6 heterocycles. The number of aromatic nitrogens is 3. The molecule has 20 heteroatoms. The van der Waals surface area contributed by atoms with E-state index in [0.29, 0.717) is 62.6 Å². The summed E-state index contributed by atoms with van der Waals surface area (Å²) in [6, 6.07) is 16.6. The Hall–Kier alpha value is -6.31. The van der Waals surface area contributed by atoms with Crippen LogP contribution < -0.4 is 46.3 Å². The number of carbonyl (C=O) groups excluding carboxylic acids is 2. The minimum absolute atomic E-state index is 0.0318. The Morgan fingerprint density at radius 2 is 1.49 bits per heavy atom. The van der Waals surface area contributed by atoms with E-state index in [-0.39, 0.29) is 54.9 Å². The summed E-state index contributed by atoms with van der Waals surface area (Å²) in [6.45, 7) is 2.44. The van der Waals surface area contributed by atoms with Gasteiger partial charge in [-0.1, -0.05) is 23.2 Å². The second-order valence-corrected chi connectivity index (χ2v) is 17.7. The first kappa shape index (κ1) is 48.2. The highest BCUT2D eigenvalue weighted by Crippen LogP contribution is 2.37. The summed E-state index contributed by atoms with van der Waals surface area (Å²) in [5, 5.41) is 24.8. The summed E-state index contributed by atoms with van der Waals surface area (Å²) in [5.41, 5.74) is 4.50. The predicted octanol–water partition coefficient (Wildman–Crippen LogP) is 5.92. The summed E-state index contributed by atoms with van der Waals surface area (Å²) in [6.07, 6.45) is 6.10. The summed E-state index contributed by atoms with van der Waals surface area (Å²) in [5.74, 6) is 1.28. The van der Waals surface area contributed by atoms with Crippen LogP contribution >= 0.6 is 23.2 Å². The van der Waals surface area contributed by atoms with Crippen molar-refractivity contribution >= 4 is 92.2 Å². The first-order valence-electron chi connectivity index (χ1n) is 22.4. The number of fused-ring (bicyclic) bond motifs is 2. The molecular formula is C48H56Cl2N10O8. The van der Waals surface area contributed by atoms with Gasteiger partial charge in [0.2, 0.25) is 0 Å². The maximum Gasteiger partial charge on any atom is 0.293 e. The standard InChI is InChI=1S/C48H56Cl2N10O8/c1-51-43(61)26-67-39-21-29-19-32(7-9-38(29)58(3)47(39)63)55-46-45(50)30(22-42(56-46)60-16-12-34(66-5)13-17-60)24-53-44(62)27-68-40-20-28-18-31(6-8-37(28)57(2)48(40)64)54-36-23-41(52-25-35(36)49)59-14-10-33(65-4)11-15-59/h6-9,18-23,25,33-34,48,64H,10-17,24,26-27H2,1-5H3,(H,51,61)(H,52,54)(H,53,62)(H,55,56). The molecule has 3 aliphatic heterocycles. The molecule has 18 nitrogen and oxygen atoms in total. The second kappa shape index (κ2) is 21.3. The van der Waals surface area contributed by atoms with Crippen molar-refractivity contribution in [2.24, 2.45) is 7.05 Å². The number of carbonyl (C=O) groups is 2. The van der Waals surface area contributed by atoms with Crippen LogP contribution in [0.3, 0.4) is 0 Å². The van der Waals surface area contributed by atoms with Gasteiger partial charge in [-0.15, -0.1) is 0 Å². The topological polar surface area (TPSA) is 197 Å². The average Bonchev–Trinajstić information content (AvgIpc) is 3.36. The SMILES string of the molecule is CNC(=O)COc1cc2cc(Nc3nc(N4CCC(OC)CC4)cc(CNC(=O)COC4=Cc5cc(Nc6cc(N7CCC(OC)CC7)ncc6Cl)ccc5N(C)C4O)c3Cl)ccc2n(C)c1=O. The zero-order valence-electron chi connectivity index (χ0n) is 38.6. The van der Waals surface area contributed by atoms with E-state index in [1.165, 1.54) is 11.6 Å². The van der Waals surface area contributed by atoms with Crippen LogP contribution in [0.15, 0.2) is 71.3 Å². The average molecular weight is 972 g/mol. The largest absolute Gasteiger partial charge is 0.483 e. The van der Waals surface area contributed by atoms with E-state index >= 15 is 0 Å². The molecule has 0 saturated carbocycles. The van der Waals surface area contributed by atoms with Crippen LogP contribution in [-0.4, -0.2) is 118 Å². The first-order valence-corrected chi connectivity index (χ1v) is 23.2. The first-order chi connectivity index (χ1) is 32.8. The van der Waals surface area contributed by atoms with Gasteiger partial charge in [0.25, 0.3) is 17.4 Å². The fourth-order valence-electron chi connectivity index (χ4n) is 8.55. The molecule has 0 aliphatic carbocycles. The van der Waals surface area contributed by atoms with Crippen LogP contribution in [0.5, 0.6) is 5.75 Å². The third-order valence-corrected chi connectivity index (χ3v) is 13.3. The van der Waals surface area contributed by atoms with Gasteiger partial charge in [0.15, 0.2) is 31.0 Å². The number of likely N-dealkylation sites (N-methyl/N-ethyl adjacent to an activating group) is 2.